The smallest absolute Gasteiger partial charge is 0.245 e. The van der Waals surface area contributed by atoms with Gasteiger partial charge in [-0.25, -0.2) is 0 Å². The molecule has 2 rings (SSSR count). The fraction of sp³-hybridized carbons (Fsp3) is 0.588. The van der Waals surface area contributed by atoms with E-state index in [1.807, 2.05) is 47.0 Å². The largest absolute Gasteiger partial charge is 0.325 e. The third-order valence-electron chi connectivity index (χ3n) is 4.15. The second-order valence-electron chi connectivity index (χ2n) is 6.07. The van der Waals surface area contributed by atoms with Crippen molar-refractivity contribution in [2.45, 2.75) is 44.6 Å². The Morgan fingerprint density at radius 3 is 2.48 bits per heavy atom. The van der Waals surface area contributed by atoms with Crippen molar-refractivity contribution in [3.63, 3.8) is 0 Å². The minimum absolute atomic E-state index is 0.136. The van der Waals surface area contributed by atoms with E-state index >= 15 is 0 Å². The second-order valence-corrected chi connectivity index (χ2v) is 7.34. The molecule has 3 nitrogen and oxygen atoms in total. The van der Waals surface area contributed by atoms with Crippen LogP contribution in [0.1, 0.15) is 38.8 Å². The predicted octanol–water partition coefficient (Wildman–Crippen LogP) is 3.28. The van der Waals surface area contributed by atoms with Gasteiger partial charge in [0.1, 0.15) is 6.04 Å². The van der Waals surface area contributed by atoms with Gasteiger partial charge in [0.05, 0.1) is 6.17 Å². The summed E-state index contributed by atoms with van der Waals surface area (Å²) in [6.07, 6.45) is 3.30. The summed E-state index contributed by atoms with van der Waals surface area (Å²) in [5.41, 5.74) is 1.06. The van der Waals surface area contributed by atoms with Gasteiger partial charge < -0.3 is 4.90 Å². The van der Waals surface area contributed by atoms with E-state index in [4.69, 9.17) is 0 Å². The number of benzene rings is 1. The number of carbonyl (C=O) groups is 1. The van der Waals surface area contributed by atoms with E-state index in [1.165, 1.54) is 0 Å². The minimum atomic E-state index is -0.191. The molecule has 116 valence electrons. The lowest BCUT2D eigenvalue weighted by Crippen LogP contribution is -2.42. The van der Waals surface area contributed by atoms with Crippen molar-refractivity contribution in [1.29, 1.82) is 0 Å². The SMILES string of the molecule is CSC(C)CCN1C(=O)C(c2ccccc2)NC1C(C)C. The van der Waals surface area contributed by atoms with Crippen LogP contribution in [0.3, 0.4) is 0 Å². The molecule has 1 aromatic carbocycles. The van der Waals surface area contributed by atoms with Crippen LogP contribution in [-0.4, -0.2) is 35.0 Å². The highest BCUT2D eigenvalue weighted by molar-refractivity contribution is 7.99. The van der Waals surface area contributed by atoms with Gasteiger partial charge in [0.25, 0.3) is 0 Å². The summed E-state index contributed by atoms with van der Waals surface area (Å²) in [6, 6.07) is 9.84. The van der Waals surface area contributed by atoms with Crippen LogP contribution in [0.25, 0.3) is 0 Å². The zero-order valence-electron chi connectivity index (χ0n) is 13.4. The topological polar surface area (TPSA) is 32.3 Å². The Morgan fingerprint density at radius 2 is 1.90 bits per heavy atom. The normalized spacial score (nSPS) is 23.9. The van der Waals surface area contributed by atoms with Gasteiger partial charge in [-0.1, -0.05) is 51.1 Å². The van der Waals surface area contributed by atoms with Gasteiger partial charge in [-0.2, -0.15) is 11.8 Å². The highest BCUT2D eigenvalue weighted by Gasteiger charge is 2.40. The number of hydrogen-bond donors (Lipinski definition) is 1. The zero-order chi connectivity index (χ0) is 15.4. The molecule has 4 heteroatoms. The molecule has 1 saturated heterocycles. The fourth-order valence-corrected chi connectivity index (χ4v) is 3.10. The third-order valence-corrected chi connectivity index (χ3v) is 5.19. The summed E-state index contributed by atoms with van der Waals surface area (Å²) >= 11 is 1.86. The lowest BCUT2D eigenvalue weighted by atomic mass is 10.1. The number of hydrogen-bond acceptors (Lipinski definition) is 3. The van der Waals surface area contributed by atoms with Crippen LogP contribution in [0, 0.1) is 5.92 Å². The van der Waals surface area contributed by atoms with Crippen molar-refractivity contribution in [3.05, 3.63) is 35.9 Å². The highest BCUT2D eigenvalue weighted by atomic mass is 32.2. The van der Waals surface area contributed by atoms with Crippen LogP contribution in [0.4, 0.5) is 0 Å². The first-order valence-electron chi connectivity index (χ1n) is 7.69. The molecule has 3 atom stereocenters. The molecule has 1 aliphatic rings. The molecule has 0 bridgehead atoms. The molecule has 3 unspecified atom stereocenters. The number of amides is 1. The van der Waals surface area contributed by atoms with Crippen molar-refractivity contribution in [1.82, 2.24) is 10.2 Å². The second kappa shape index (κ2) is 7.32. The molecular weight excluding hydrogens is 280 g/mol. The maximum atomic E-state index is 12.8. The average Bonchev–Trinajstić information content (AvgIpc) is 2.83. The van der Waals surface area contributed by atoms with E-state index in [-0.39, 0.29) is 18.1 Å². The molecule has 1 aromatic rings. The summed E-state index contributed by atoms with van der Waals surface area (Å²) in [5.74, 6) is 0.625. The maximum absolute atomic E-state index is 12.8. The van der Waals surface area contributed by atoms with Crippen LogP contribution in [0.5, 0.6) is 0 Å². The summed E-state index contributed by atoms with van der Waals surface area (Å²) < 4.78 is 0. The number of nitrogens with zero attached hydrogens (tertiary/aromatic N) is 1. The van der Waals surface area contributed by atoms with Crippen LogP contribution < -0.4 is 5.32 Å². The van der Waals surface area contributed by atoms with Crippen LogP contribution >= 0.6 is 11.8 Å². The predicted molar refractivity (Wildman–Crippen MR) is 90.3 cm³/mol. The summed E-state index contributed by atoms with van der Waals surface area (Å²) in [4.78, 5) is 14.8. The molecule has 1 heterocycles. The quantitative estimate of drug-likeness (QED) is 0.875. The molecule has 0 saturated carbocycles. The Kier molecular flexibility index (Phi) is 5.71. The highest BCUT2D eigenvalue weighted by Crippen LogP contribution is 2.28. The zero-order valence-corrected chi connectivity index (χ0v) is 14.2. The Morgan fingerprint density at radius 1 is 1.24 bits per heavy atom. The van der Waals surface area contributed by atoms with E-state index in [1.54, 1.807) is 0 Å². The number of nitrogens with one attached hydrogen (secondary N) is 1. The van der Waals surface area contributed by atoms with Crippen molar-refractivity contribution < 1.29 is 4.79 Å². The van der Waals surface area contributed by atoms with Crippen LogP contribution in [0.15, 0.2) is 30.3 Å². The summed E-state index contributed by atoms with van der Waals surface area (Å²) in [5, 5.41) is 4.10. The summed E-state index contributed by atoms with van der Waals surface area (Å²) in [6.45, 7) is 7.39. The first kappa shape index (κ1) is 16.4. The Bertz CT molecular complexity index is 463. The van der Waals surface area contributed by atoms with Gasteiger partial charge in [-0.15, -0.1) is 0 Å². The van der Waals surface area contributed by atoms with Crippen molar-refractivity contribution in [3.8, 4) is 0 Å². The molecule has 21 heavy (non-hydrogen) atoms. The molecule has 0 radical (unpaired) electrons. The van der Waals surface area contributed by atoms with Gasteiger partial charge in [-0.05, 0) is 24.2 Å². The first-order chi connectivity index (χ1) is 10.0. The lowest BCUT2D eigenvalue weighted by molar-refractivity contribution is -0.130. The lowest BCUT2D eigenvalue weighted by Gasteiger charge is -2.28. The Labute approximate surface area is 132 Å². The van der Waals surface area contributed by atoms with E-state index in [2.05, 4.69) is 32.3 Å². The number of rotatable bonds is 6. The van der Waals surface area contributed by atoms with Gasteiger partial charge in [0.15, 0.2) is 0 Å². The Balaban J connectivity index is 2.13. The molecular formula is C17H26N2OS. The molecule has 0 spiro atoms. The molecule has 0 aromatic heterocycles. The van der Waals surface area contributed by atoms with Crippen LogP contribution in [-0.2, 0) is 4.79 Å². The van der Waals surface area contributed by atoms with Gasteiger partial charge >= 0.3 is 0 Å². The van der Waals surface area contributed by atoms with E-state index in [0.29, 0.717) is 11.2 Å². The molecule has 1 amide bonds. The van der Waals surface area contributed by atoms with E-state index in [0.717, 1.165) is 18.5 Å². The molecule has 1 fully saturated rings. The van der Waals surface area contributed by atoms with Gasteiger partial charge in [0.2, 0.25) is 5.91 Å². The minimum Gasteiger partial charge on any atom is -0.325 e. The van der Waals surface area contributed by atoms with E-state index < -0.39 is 0 Å². The van der Waals surface area contributed by atoms with Crippen LogP contribution in [0.2, 0.25) is 0 Å². The average molecular weight is 306 g/mol. The fourth-order valence-electron chi connectivity index (χ4n) is 2.76. The summed E-state index contributed by atoms with van der Waals surface area (Å²) in [7, 11) is 0. The number of thioether (sulfide) groups is 1. The van der Waals surface area contributed by atoms with E-state index in [9.17, 15) is 4.79 Å². The molecule has 1 aliphatic heterocycles. The number of carbonyl (C=O) groups excluding carboxylic acids is 1. The first-order valence-corrected chi connectivity index (χ1v) is 8.97. The van der Waals surface area contributed by atoms with Gasteiger partial charge in [-0.3, -0.25) is 10.1 Å². The third kappa shape index (κ3) is 3.80. The molecule has 1 N–H and O–H groups in total. The maximum Gasteiger partial charge on any atom is 0.245 e. The Hall–Kier alpha value is -1.00. The van der Waals surface area contributed by atoms with Crippen molar-refractivity contribution in [2.24, 2.45) is 5.92 Å². The van der Waals surface area contributed by atoms with Crippen molar-refractivity contribution in [2.75, 3.05) is 12.8 Å². The standard InChI is InChI=1S/C17H26N2OS/c1-12(2)16-18-15(14-8-6-5-7-9-14)17(20)19(16)11-10-13(3)21-4/h5-9,12-13,15-16,18H,10-11H2,1-4H3. The van der Waals surface area contributed by atoms with Crippen molar-refractivity contribution >= 4 is 17.7 Å². The molecule has 0 aliphatic carbocycles. The monoisotopic (exact) mass is 306 g/mol. The van der Waals surface area contributed by atoms with Gasteiger partial charge in [0, 0.05) is 11.8 Å².